The van der Waals surface area contributed by atoms with Gasteiger partial charge >= 0.3 is 0 Å². The summed E-state index contributed by atoms with van der Waals surface area (Å²) in [6, 6.07) is 21.1. The molecular weight excluding hydrogens is 376 g/mol. The third-order valence-electron chi connectivity index (χ3n) is 4.03. The maximum atomic E-state index is 12.5. The molecule has 3 aromatic carbocycles. The van der Waals surface area contributed by atoms with Crippen molar-refractivity contribution in [2.75, 3.05) is 12.4 Å². The Kier molecular flexibility index (Phi) is 6.15. The van der Waals surface area contributed by atoms with Crippen molar-refractivity contribution in [3.05, 3.63) is 88.4 Å². The second-order valence-electron chi connectivity index (χ2n) is 5.89. The van der Waals surface area contributed by atoms with Crippen LogP contribution >= 0.6 is 11.6 Å². The van der Waals surface area contributed by atoms with Crippen molar-refractivity contribution in [1.82, 2.24) is 0 Å². The maximum absolute atomic E-state index is 12.5. The number of halogens is 1. The number of nitriles is 1. The van der Waals surface area contributed by atoms with Crippen LogP contribution in [0.3, 0.4) is 0 Å². The number of anilines is 1. The lowest BCUT2D eigenvalue weighted by Crippen LogP contribution is -2.13. The summed E-state index contributed by atoms with van der Waals surface area (Å²) < 4.78 is 11.2. The predicted molar refractivity (Wildman–Crippen MR) is 108 cm³/mol. The fraction of sp³-hybridized carbons (Fsp3) is 0.0909. The number of carbonyl (C=O) groups excluding carboxylic acids is 1. The van der Waals surface area contributed by atoms with E-state index in [1.807, 2.05) is 12.1 Å². The van der Waals surface area contributed by atoms with Gasteiger partial charge in [-0.05, 0) is 48.0 Å². The van der Waals surface area contributed by atoms with Crippen LogP contribution in [-0.2, 0) is 6.61 Å². The number of carbonyl (C=O) groups is 1. The Balaban J connectivity index is 1.74. The highest BCUT2D eigenvalue weighted by molar-refractivity contribution is 6.30. The molecule has 3 rings (SSSR count). The summed E-state index contributed by atoms with van der Waals surface area (Å²) in [6.45, 7) is 0.342. The van der Waals surface area contributed by atoms with E-state index in [1.54, 1.807) is 54.6 Å². The molecule has 0 aromatic heterocycles. The summed E-state index contributed by atoms with van der Waals surface area (Å²) in [5, 5.41) is 12.5. The van der Waals surface area contributed by atoms with E-state index in [0.29, 0.717) is 39.9 Å². The molecule has 0 bridgehead atoms. The summed E-state index contributed by atoms with van der Waals surface area (Å²) in [4.78, 5) is 12.5. The Morgan fingerprint density at radius 3 is 2.54 bits per heavy atom. The molecule has 0 fully saturated rings. The number of nitrogens with zero attached hydrogens (tertiary/aromatic N) is 1. The third kappa shape index (κ3) is 4.61. The lowest BCUT2D eigenvalue weighted by atomic mass is 10.1. The van der Waals surface area contributed by atoms with Gasteiger partial charge in [-0.15, -0.1) is 0 Å². The second kappa shape index (κ2) is 8.94. The Hall–Kier alpha value is -3.49. The van der Waals surface area contributed by atoms with Crippen molar-refractivity contribution < 1.29 is 14.3 Å². The Morgan fingerprint density at radius 1 is 1.07 bits per heavy atom. The molecule has 0 aliphatic heterocycles. The number of nitrogens with one attached hydrogen (secondary N) is 1. The summed E-state index contributed by atoms with van der Waals surface area (Å²) >= 11 is 5.88. The zero-order chi connectivity index (χ0) is 19.9. The third-order valence-corrected chi connectivity index (χ3v) is 4.28. The van der Waals surface area contributed by atoms with Crippen LogP contribution < -0.4 is 14.8 Å². The van der Waals surface area contributed by atoms with Gasteiger partial charge in [0.1, 0.15) is 12.7 Å². The molecule has 0 unspecified atom stereocenters. The molecule has 0 aliphatic carbocycles. The molecule has 140 valence electrons. The van der Waals surface area contributed by atoms with Gasteiger partial charge in [0.25, 0.3) is 5.91 Å². The predicted octanol–water partition coefficient (Wildman–Crippen LogP) is 5.05. The molecule has 3 aromatic rings. The molecule has 1 amide bonds. The van der Waals surface area contributed by atoms with Crippen LogP contribution in [0.25, 0.3) is 0 Å². The quantitative estimate of drug-likeness (QED) is 0.637. The molecule has 6 heteroatoms. The van der Waals surface area contributed by atoms with Gasteiger partial charge in [0, 0.05) is 10.6 Å². The normalized spacial score (nSPS) is 10.0. The topological polar surface area (TPSA) is 71.3 Å². The number of amides is 1. The average molecular weight is 393 g/mol. The van der Waals surface area contributed by atoms with Gasteiger partial charge in [-0.25, -0.2) is 0 Å². The molecular formula is C22H17ClN2O3. The van der Waals surface area contributed by atoms with E-state index in [0.717, 1.165) is 5.56 Å². The van der Waals surface area contributed by atoms with Gasteiger partial charge in [-0.3, -0.25) is 4.79 Å². The van der Waals surface area contributed by atoms with Crippen LogP contribution in [0.15, 0.2) is 66.7 Å². The van der Waals surface area contributed by atoms with Gasteiger partial charge < -0.3 is 14.8 Å². The molecule has 0 aliphatic rings. The molecule has 1 N–H and O–H groups in total. The number of ether oxygens (including phenoxy) is 2. The Labute approximate surface area is 168 Å². The number of rotatable bonds is 6. The summed E-state index contributed by atoms with van der Waals surface area (Å²) in [5.74, 6) is 0.617. The first-order valence-corrected chi connectivity index (χ1v) is 8.84. The van der Waals surface area contributed by atoms with Gasteiger partial charge in [-0.1, -0.05) is 35.9 Å². The minimum absolute atomic E-state index is 0.342. The van der Waals surface area contributed by atoms with E-state index in [-0.39, 0.29) is 5.91 Å². The molecule has 28 heavy (non-hydrogen) atoms. The summed E-state index contributed by atoms with van der Waals surface area (Å²) in [5.41, 5.74) is 2.20. The SMILES string of the molecule is COc1cc(C(=O)Nc2ccccc2C#N)ccc1OCc1ccc(Cl)cc1. The highest BCUT2D eigenvalue weighted by atomic mass is 35.5. The number of hydrogen-bond donors (Lipinski definition) is 1. The molecule has 0 spiro atoms. The molecule has 0 atom stereocenters. The van der Waals surface area contributed by atoms with Crippen LogP contribution in [0.1, 0.15) is 21.5 Å². The smallest absolute Gasteiger partial charge is 0.255 e. The van der Waals surface area contributed by atoms with Crippen molar-refractivity contribution in [3.63, 3.8) is 0 Å². The first kappa shape index (κ1) is 19.3. The second-order valence-corrected chi connectivity index (χ2v) is 6.33. The van der Waals surface area contributed by atoms with Crippen molar-refractivity contribution >= 4 is 23.2 Å². The highest BCUT2D eigenvalue weighted by Gasteiger charge is 2.13. The van der Waals surface area contributed by atoms with Gasteiger partial charge in [0.15, 0.2) is 11.5 Å². The van der Waals surface area contributed by atoms with Crippen molar-refractivity contribution in [2.45, 2.75) is 6.61 Å². The zero-order valence-electron chi connectivity index (χ0n) is 15.1. The fourth-order valence-corrected chi connectivity index (χ4v) is 2.68. The van der Waals surface area contributed by atoms with Crippen LogP contribution in [-0.4, -0.2) is 13.0 Å². The first-order valence-electron chi connectivity index (χ1n) is 8.46. The van der Waals surface area contributed by atoms with E-state index in [4.69, 9.17) is 26.3 Å². The van der Waals surface area contributed by atoms with Gasteiger partial charge in [0.05, 0.1) is 18.4 Å². The average Bonchev–Trinajstić information content (AvgIpc) is 2.73. The van der Waals surface area contributed by atoms with Gasteiger partial charge in [0.2, 0.25) is 0 Å². The molecule has 0 saturated heterocycles. The minimum atomic E-state index is -0.342. The minimum Gasteiger partial charge on any atom is -0.493 e. The van der Waals surface area contributed by atoms with Crippen LogP contribution in [0, 0.1) is 11.3 Å². The van der Waals surface area contributed by atoms with Crippen molar-refractivity contribution in [2.24, 2.45) is 0 Å². The van der Waals surface area contributed by atoms with Crippen molar-refractivity contribution in [1.29, 1.82) is 5.26 Å². The molecule has 5 nitrogen and oxygen atoms in total. The van der Waals surface area contributed by atoms with E-state index in [1.165, 1.54) is 7.11 Å². The molecule has 0 heterocycles. The highest BCUT2D eigenvalue weighted by Crippen LogP contribution is 2.29. The monoisotopic (exact) mass is 392 g/mol. The van der Waals surface area contributed by atoms with E-state index >= 15 is 0 Å². The summed E-state index contributed by atoms with van der Waals surface area (Å²) in [7, 11) is 1.51. The maximum Gasteiger partial charge on any atom is 0.255 e. The number of benzene rings is 3. The zero-order valence-corrected chi connectivity index (χ0v) is 15.9. The van der Waals surface area contributed by atoms with Crippen molar-refractivity contribution in [3.8, 4) is 17.6 Å². The molecule has 0 saturated carbocycles. The standard InChI is InChI=1S/C22H17ClN2O3/c1-27-21-12-16(22(26)25-19-5-3-2-4-17(19)13-24)8-11-20(21)28-14-15-6-9-18(23)10-7-15/h2-12H,14H2,1H3,(H,25,26). The largest absolute Gasteiger partial charge is 0.493 e. The van der Waals surface area contributed by atoms with E-state index in [9.17, 15) is 4.79 Å². The lowest BCUT2D eigenvalue weighted by molar-refractivity contribution is 0.102. The number of methoxy groups -OCH3 is 1. The van der Waals surface area contributed by atoms with E-state index in [2.05, 4.69) is 11.4 Å². The first-order chi connectivity index (χ1) is 13.6. The van der Waals surface area contributed by atoms with Gasteiger partial charge in [-0.2, -0.15) is 5.26 Å². The molecule has 0 radical (unpaired) electrons. The lowest BCUT2D eigenvalue weighted by Gasteiger charge is -2.13. The van der Waals surface area contributed by atoms with E-state index < -0.39 is 0 Å². The Morgan fingerprint density at radius 2 is 1.82 bits per heavy atom. The van der Waals surface area contributed by atoms with Crippen LogP contribution in [0.2, 0.25) is 5.02 Å². The number of hydrogen-bond acceptors (Lipinski definition) is 4. The van der Waals surface area contributed by atoms with Crippen LogP contribution in [0.4, 0.5) is 5.69 Å². The number of para-hydroxylation sites is 1. The van der Waals surface area contributed by atoms with Crippen LogP contribution in [0.5, 0.6) is 11.5 Å². The Bertz CT molecular complexity index is 1030. The fourth-order valence-electron chi connectivity index (χ4n) is 2.55. The summed E-state index contributed by atoms with van der Waals surface area (Å²) in [6.07, 6.45) is 0.